The van der Waals surface area contributed by atoms with Gasteiger partial charge in [-0.2, -0.15) is 0 Å². The largest absolute Gasteiger partial charge is 0.368 e. The molecule has 0 atom stereocenters. The van der Waals surface area contributed by atoms with Gasteiger partial charge in [0.25, 0.3) is 5.91 Å². The van der Waals surface area contributed by atoms with Crippen molar-refractivity contribution in [3.63, 3.8) is 0 Å². The number of carbonyl (C=O) groups is 1. The number of nitrogens with zero attached hydrogens (tertiary/aromatic N) is 2. The number of rotatable bonds is 2. The Kier molecular flexibility index (Phi) is 3.69. The Labute approximate surface area is 139 Å². The molecule has 1 saturated heterocycles. The van der Waals surface area contributed by atoms with Gasteiger partial charge < -0.3 is 14.8 Å². The van der Waals surface area contributed by atoms with E-state index in [9.17, 15) is 9.18 Å². The minimum atomic E-state index is -0.229. The fraction of sp³-hybridized carbons (Fsp3) is 0.211. The average molecular weight is 323 g/mol. The van der Waals surface area contributed by atoms with Crippen LogP contribution in [0.5, 0.6) is 0 Å². The number of halogens is 1. The predicted octanol–water partition coefficient (Wildman–Crippen LogP) is 3.27. The summed E-state index contributed by atoms with van der Waals surface area (Å²) in [5.74, 6) is -0.169. The van der Waals surface area contributed by atoms with E-state index in [1.54, 1.807) is 12.1 Å². The molecular weight excluding hydrogens is 305 g/mol. The van der Waals surface area contributed by atoms with E-state index < -0.39 is 0 Å². The Morgan fingerprint density at radius 3 is 2.46 bits per heavy atom. The predicted molar refractivity (Wildman–Crippen MR) is 92.8 cm³/mol. The summed E-state index contributed by atoms with van der Waals surface area (Å²) < 4.78 is 13.0. The van der Waals surface area contributed by atoms with Crippen LogP contribution >= 0.6 is 0 Å². The average Bonchev–Trinajstić information content (AvgIpc) is 3.09. The number of anilines is 1. The van der Waals surface area contributed by atoms with E-state index >= 15 is 0 Å². The van der Waals surface area contributed by atoms with Crippen molar-refractivity contribution in [2.45, 2.75) is 0 Å². The number of benzene rings is 2. The van der Waals surface area contributed by atoms with Gasteiger partial charge in [-0.15, -0.1) is 0 Å². The molecule has 1 aliphatic heterocycles. The lowest BCUT2D eigenvalue weighted by molar-refractivity contribution is 0.0747. The van der Waals surface area contributed by atoms with Crippen LogP contribution in [0.1, 0.15) is 10.4 Å². The first-order chi connectivity index (χ1) is 11.7. The van der Waals surface area contributed by atoms with Crippen molar-refractivity contribution >= 4 is 22.5 Å². The highest BCUT2D eigenvalue weighted by molar-refractivity contribution is 5.98. The molecule has 24 heavy (non-hydrogen) atoms. The van der Waals surface area contributed by atoms with Crippen molar-refractivity contribution in [1.29, 1.82) is 0 Å². The summed E-state index contributed by atoms with van der Waals surface area (Å²) >= 11 is 0. The van der Waals surface area contributed by atoms with Gasteiger partial charge in [-0.3, -0.25) is 4.79 Å². The van der Waals surface area contributed by atoms with E-state index in [1.807, 2.05) is 35.4 Å². The zero-order valence-corrected chi connectivity index (χ0v) is 13.2. The first-order valence-electron chi connectivity index (χ1n) is 8.08. The SMILES string of the molecule is O=C(c1ccc2cc[nH]c2c1)N1CCN(c2ccc(F)cc2)CC1. The summed E-state index contributed by atoms with van der Waals surface area (Å²) in [6.07, 6.45) is 1.88. The minimum Gasteiger partial charge on any atom is -0.368 e. The minimum absolute atomic E-state index is 0.0604. The quantitative estimate of drug-likeness (QED) is 0.786. The van der Waals surface area contributed by atoms with E-state index in [0.29, 0.717) is 18.7 Å². The topological polar surface area (TPSA) is 39.3 Å². The molecule has 5 heteroatoms. The van der Waals surface area contributed by atoms with Crippen LogP contribution in [0.15, 0.2) is 54.7 Å². The van der Waals surface area contributed by atoms with Crippen molar-refractivity contribution in [3.05, 3.63) is 66.1 Å². The maximum Gasteiger partial charge on any atom is 0.254 e. The van der Waals surface area contributed by atoms with E-state index in [2.05, 4.69) is 9.88 Å². The molecule has 2 heterocycles. The van der Waals surface area contributed by atoms with Crippen LogP contribution in [0.4, 0.5) is 10.1 Å². The van der Waals surface area contributed by atoms with E-state index in [0.717, 1.165) is 29.7 Å². The Morgan fingerprint density at radius 2 is 1.71 bits per heavy atom. The van der Waals surface area contributed by atoms with Crippen LogP contribution in [-0.2, 0) is 0 Å². The zero-order chi connectivity index (χ0) is 16.5. The van der Waals surface area contributed by atoms with Gasteiger partial charge in [0, 0.05) is 49.1 Å². The molecule has 0 spiro atoms. The highest BCUT2D eigenvalue weighted by Crippen LogP contribution is 2.19. The van der Waals surface area contributed by atoms with Crippen molar-refractivity contribution in [3.8, 4) is 0 Å². The van der Waals surface area contributed by atoms with Gasteiger partial charge >= 0.3 is 0 Å². The van der Waals surface area contributed by atoms with Gasteiger partial charge in [0.1, 0.15) is 5.82 Å². The number of H-pyrrole nitrogens is 1. The summed E-state index contributed by atoms with van der Waals surface area (Å²) in [5.41, 5.74) is 2.68. The number of nitrogens with one attached hydrogen (secondary N) is 1. The fourth-order valence-electron chi connectivity index (χ4n) is 3.18. The molecule has 4 nitrogen and oxygen atoms in total. The van der Waals surface area contributed by atoms with Crippen LogP contribution in [0, 0.1) is 5.82 Å². The van der Waals surface area contributed by atoms with Crippen LogP contribution in [0.2, 0.25) is 0 Å². The lowest BCUT2D eigenvalue weighted by atomic mass is 10.1. The molecule has 0 bridgehead atoms. The number of piperazine rings is 1. The Morgan fingerprint density at radius 1 is 0.958 bits per heavy atom. The maximum atomic E-state index is 13.0. The summed E-state index contributed by atoms with van der Waals surface area (Å²) in [4.78, 5) is 19.9. The highest BCUT2D eigenvalue weighted by Gasteiger charge is 2.22. The number of aromatic amines is 1. The van der Waals surface area contributed by atoms with E-state index in [-0.39, 0.29) is 11.7 Å². The second-order valence-corrected chi connectivity index (χ2v) is 6.04. The van der Waals surface area contributed by atoms with Crippen LogP contribution in [-0.4, -0.2) is 42.0 Å². The van der Waals surface area contributed by atoms with Crippen molar-refractivity contribution in [2.75, 3.05) is 31.1 Å². The lowest BCUT2D eigenvalue weighted by Gasteiger charge is -2.36. The van der Waals surface area contributed by atoms with Crippen LogP contribution in [0.3, 0.4) is 0 Å². The Bertz CT molecular complexity index is 864. The molecule has 1 fully saturated rings. The number of aromatic nitrogens is 1. The molecule has 0 unspecified atom stereocenters. The first-order valence-corrected chi connectivity index (χ1v) is 8.08. The van der Waals surface area contributed by atoms with Gasteiger partial charge in [-0.05, 0) is 47.9 Å². The first kappa shape index (κ1) is 14.8. The fourth-order valence-corrected chi connectivity index (χ4v) is 3.18. The molecule has 3 aromatic rings. The van der Waals surface area contributed by atoms with Gasteiger partial charge in [-0.1, -0.05) is 6.07 Å². The highest BCUT2D eigenvalue weighted by atomic mass is 19.1. The monoisotopic (exact) mass is 323 g/mol. The lowest BCUT2D eigenvalue weighted by Crippen LogP contribution is -2.48. The van der Waals surface area contributed by atoms with E-state index in [4.69, 9.17) is 0 Å². The normalized spacial score (nSPS) is 15.0. The molecular formula is C19H18FN3O. The molecule has 0 radical (unpaired) electrons. The molecule has 122 valence electrons. The zero-order valence-electron chi connectivity index (χ0n) is 13.2. The smallest absolute Gasteiger partial charge is 0.254 e. The van der Waals surface area contributed by atoms with Gasteiger partial charge in [0.05, 0.1) is 0 Å². The number of hydrogen-bond donors (Lipinski definition) is 1. The summed E-state index contributed by atoms with van der Waals surface area (Å²) in [6.45, 7) is 2.84. The molecule has 1 aromatic heterocycles. The third kappa shape index (κ3) is 2.73. The number of amides is 1. The maximum absolute atomic E-state index is 13.0. The molecule has 2 aromatic carbocycles. The number of fused-ring (bicyclic) bond motifs is 1. The van der Waals surface area contributed by atoms with Gasteiger partial charge in [0.15, 0.2) is 0 Å². The van der Waals surface area contributed by atoms with Crippen LogP contribution < -0.4 is 4.90 Å². The third-order valence-corrected chi connectivity index (χ3v) is 4.56. The molecule has 0 aliphatic carbocycles. The molecule has 1 amide bonds. The van der Waals surface area contributed by atoms with Gasteiger partial charge in [0.2, 0.25) is 0 Å². The second-order valence-electron chi connectivity index (χ2n) is 6.04. The summed E-state index contributed by atoms with van der Waals surface area (Å²) in [5, 5.41) is 1.10. The van der Waals surface area contributed by atoms with Crippen molar-refractivity contribution in [1.82, 2.24) is 9.88 Å². The third-order valence-electron chi connectivity index (χ3n) is 4.56. The number of carbonyl (C=O) groups excluding carboxylic acids is 1. The van der Waals surface area contributed by atoms with Crippen molar-refractivity contribution < 1.29 is 9.18 Å². The molecule has 1 N–H and O–H groups in total. The van der Waals surface area contributed by atoms with Crippen molar-refractivity contribution in [2.24, 2.45) is 0 Å². The Hall–Kier alpha value is -2.82. The van der Waals surface area contributed by atoms with E-state index in [1.165, 1.54) is 12.1 Å². The van der Waals surface area contributed by atoms with Gasteiger partial charge in [-0.25, -0.2) is 4.39 Å². The van der Waals surface area contributed by atoms with Crippen LogP contribution in [0.25, 0.3) is 10.9 Å². The second kappa shape index (κ2) is 6.00. The summed E-state index contributed by atoms with van der Waals surface area (Å²) in [6, 6.07) is 14.3. The summed E-state index contributed by atoms with van der Waals surface area (Å²) in [7, 11) is 0. The standard InChI is InChI=1S/C19H18FN3O/c20-16-3-5-17(6-4-16)22-9-11-23(12-10-22)19(24)15-2-1-14-7-8-21-18(14)13-15/h1-8,13,21H,9-12H2. The molecule has 1 aliphatic rings. The molecule has 0 saturated carbocycles. The Balaban J connectivity index is 1.44. The number of hydrogen-bond acceptors (Lipinski definition) is 2. The molecule has 4 rings (SSSR count).